The van der Waals surface area contributed by atoms with Crippen LogP contribution in [-0.2, 0) is 0 Å². The van der Waals surface area contributed by atoms with E-state index in [0.717, 1.165) is 27.3 Å². The van der Waals surface area contributed by atoms with Crippen molar-refractivity contribution in [3.8, 4) is 0 Å². The van der Waals surface area contributed by atoms with Crippen LogP contribution in [0, 0.1) is 6.92 Å². The van der Waals surface area contributed by atoms with Crippen LogP contribution >= 0.6 is 11.6 Å². The van der Waals surface area contributed by atoms with Crippen molar-refractivity contribution in [1.82, 2.24) is 4.98 Å². The first-order valence-corrected chi connectivity index (χ1v) is 4.84. The van der Waals surface area contributed by atoms with Gasteiger partial charge in [-0.3, -0.25) is 0 Å². The van der Waals surface area contributed by atoms with Crippen molar-refractivity contribution in [2.75, 3.05) is 12.4 Å². The molecule has 0 saturated carbocycles. The summed E-state index contributed by atoms with van der Waals surface area (Å²) in [6, 6.07) is 7.84. The summed E-state index contributed by atoms with van der Waals surface area (Å²) < 4.78 is 0. The van der Waals surface area contributed by atoms with Crippen molar-refractivity contribution in [3.63, 3.8) is 0 Å². The Bertz CT molecular complexity index is 480. The third-order valence-corrected chi connectivity index (χ3v) is 2.56. The first-order chi connectivity index (χ1) is 6.72. The lowest BCUT2D eigenvalue weighted by Gasteiger charge is -2.06. The molecule has 72 valence electrons. The van der Waals surface area contributed by atoms with Gasteiger partial charge in [-0.1, -0.05) is 29.8 Å². The lowest BCUT2D eigenvalue weighted by molar-refractivity contribution is 1.32. The Morgan fingerprint density at radius 1 is 1.36 bits per heavy atom. The number of hydrogen-bond acceptors (Lipinski definition) is 2. The Labute approximate surface area is 87.9 Å². The predicted octanol–water partition coefficient (Wildman–Crippen LogP) is 3.24. The van der Waals surface area contributed by atoms with E-state index in [1.54, 1.807) is 0 Å². The molecule has 2 aromatic rings. The molecule has 0 bridgehead atoms. The second kappa shape index (κ2) is 3.46. The highest BCUT2D eigenvalue weighted by atomic mass is 35.5. The Morgan fingerprint density at radius 3 is 2.86 bits per heavy atom. The molecule has 2 nitrogen and oxygen atoms in total. The number of nitrogens with one attached hydrogen (secondary N) is 1. The van der Waals surface area contributed by atoms with Gasteiger partial charge in [0.25, 0.3) is 0 Å². The van der Waals surface area contributed by atoms with Gasteiger partial charge in [0.2, 0.25) is 0 Å². The van der Waals surface area contributed by atoms with Gasteiger partial charge in [0, 0.05) is 12.4 Å². The van der Waals surface area contributed by atoms with Crippen molar-refractivity contribution in [3.05, 3.63) is 34.9 Å². The summed E-state index contributed by atoms with van der Waals surface area (Å²) in [5.74, 6) is 0.803. The van der Waals surface area contributed by atoms with E-state index in [4.69, 9.17) is 11.6 Å². The molecule has 1 aromatic heterocycles. The van der Waals surface area contributed by atoms with Crippen molar-refractivity contribution < 1.29 is 0 Å². The lowest BCUT2D eigenvalue weighted by Crippen LogP contribution is -1.93. The van der Waals surface area contributed by atoms with Crippen molar-refractivity contribution >= 4 is 28.3 Å². The summed E-state index contributed by atoms with van der Waals surface area (Å²) in [6.45, 7) is 2.03. The maximum absolute atomic E-state index is 6.13. The van der Waals surface area contributed by atoms with Gasteiger partial charge in [0.05, 0.1) is 10.5 Å². The monoisotopic (exact) mass is 206 g/mol. The first-order valence-electron chi connectivity index (χ1n) is 4.46. The summed E-state index contributed by atoms with van der Waals surface area (Å²) in [7, 11) is 1.84. The largest absolute Gasteiger partial charge is 0.373 e. The average Bonchev–Trinajstić information content (AvgIpc) is 2.19. The van der Waals surface area contributed by atoms with E-state index in [1.807, 2.05) is 38.2 Å². The minimum atomic E-state index is 0.739. The summed E-state index contributed by atoms with van der Waals surface area (Å²) in [5, 5.41) is 4.74. The number of nitrogens with zero attached hydrogens (tertiary/aromatic N) is 1. The fourth-order valence-corrected chi connectivity index (χ4v) is 1.73. The zero-order valence-electron chi connectivity index (χ0n) is 8.13. The highest BCUT2D eigenvalue weighted by Crippen LogP contribution is 2.26. The van der Waals surface area contributed by atoms with E-state index in [9.17, 15) is 0 Å². The maximum Gasteiger partial charge on any atom is 0.127 e. The standard InChI is InChI=1S/C11H11ClN2/c1-7-4-3-5-8-9(12)6-10(13-2)14-11(7)8/h3-6H,1-2H3,(H,13,14). The quantitative estimate of drug-likeness (QED) is 0.775. The molecule has 0 amide bonds. The fourth-order valence-electron chi connectivity index (χ4n) is 1.48. The summed E-state index contributed by atoms with van der Waals surface area (Å²) in [4.78, 5) is 4.46. The SMILES string of the molecule is CNc1cc(Cl)c2cccc(C)c2n1. The molecule has 0 radical (unpaired) electrons. The minimum Gasteiger partial charge on any atom is -0.373 e. The number of aromatic nitrogens is 1. The average molecular weight is 207 g/mol. The third-order valence-electron chi connectivity index (χ3n) is 2.25. The Hall–Kier alpha value is -1.28. The number of rotatable bonds is 1. The molecule has 2 rings (SSSR count). The fraction of sp³-hybridized carbons (Fsp3) is 0.182. The molecule has 0 aliphatic rings. The number of benzene rings is 1. The van der Waals surface area contributed by atoms with E-state index in [-0.39, 0.29) is 0 Å². The highest BCUT2D eigenvalue weighted by Gasteiger charge is 2.04. The minimum absolute atomic E-state index is 0.739. The van der Waals surface area contributed by atoms with Crippen LogP contribution in [0.4, 0.5) is 5.82 Å². The molecule has 0 aliphatic heterocycles. The van der Waals surface area contributed by atoms with Crippen LogP contribution in [0.2, 0.25) is 5.02 Å². The number of anilines is 1. The molecule has 14 heavy (non-hydrogen) atoms. The number of pyridine rings is 1. The summed E-state index contributed by atoms with van der Waals surface area (Å²) >= 11 is 6.13. The van der Waals surface area contributed by atoms with Gasteiger partial charge in [-0.2, -0.15) is 0 Å². The third kappa shape index (κ3) is 1.42. The zero-order valence-corrected chi connectivity index (χ0v) is 8.89. The summed E-state index contributed by atoms with van der Waals surface area (Å²) in [5.41, 5.74) is 2.10. The first kappa shape index (κ1) is 9.28. The number of hydrogen-bond donors (Lipinski definition) is 1. The highest BCUT2D eigenvalue weighted by molar-refractivity contribution is 6.35. The molecule has 1 heterocycles. The van der Waals surface area contributed by atoms with E-state index in [2.05, 4.69) is 10.3 Å². The van der Waals surface area contributed by atoms with E-state index in [1.165, 1.54) is 0 Å². The Kier molecular flexibility index (Phi) is 2.30. The Morgan fingerprint density at radius 2 is 2.14 bits per heavy atom. The molecule has 1 N–H and O–H groups in total. The molecule has 0 atom stereocenters. The second-order valence-corrected chi connectivity index (χ2v) is 3.62. The smallest absolute Gasteiger partial charge is 0.127 e. The molecule has 0 aliphatic carbocycles. The molecule has 1 aromatic carbocycles. The van der Waals surface area contributed by atoms with Gasteiger partial charge in [0.1, 0.15) is 5.82 Å². The number of fused-ring (bicyclic) bond motifs is 1. The van der Waals surface area contributed by atoms with Crippen molar-refractivity contribution in [2.24, 2.45) is 0 Å². The van der Waals surface area contributed by atoms with E-state index >= 15 is 0 Å². The topological polar surface area (TPSA) is 24.9 Å². The molecular formula is C11H11ClN2. The number of aryl methyl sites for hydroxylation is 1. The van der Waals surface area contributed by atoms with Crippen LogP contribution < -0.4 is 5.32 Å². The van der Waals surface area contributed by atoms with Crippen molar-refractivity contribution in [2.45, 2.75) is 6.92 Å². The van der Waals surface area contributed by atoms with Crippen LogP contribution in [0.5, 0.6) is 0 Å². The molecule has 0 spiro atoms. The van der Waals surface area contributed by atoms with Crippen LogP contribution in [0.1, 0.15) is 5.56 Å². The molecular weight excluding hydrogens is 196 g/mol. The van der Waals surface area contributed by atoms with Gasteiger partial charge < -0.3 is 5.32 Å². The van der Waals surface area contributed by atoms with E-state index in [0.29, 0.717) is 0 Å². The lowest BCUT2D eigenvalue weighted by atomic mass is 10.1. The van der Waals surface area contributed by atoms with Crippen LogP contribution in [0.15, 0.2) is 24.3 Å². The maximum atomic E-state index is 6.13. The Balaban J connectivity index is 2.83. The molecule has 3 heteroatoms. The van der Waals surface area contributed by atoms with Gasteiger partial charge in [-0.05, 0) is 18.6 Å². The molecule has 0 fully saturated rings. The summed E-state index contributed by atoms with van der Waals surface area (Å²) in [6.07, 6.45) is 0. The van der Waals surface area contributed by atoms with Crippen LogP contribution in [0.3, 0.4) is 0 Å². The normalized spacial score (nSPS) is 10.5. The van der Waals surface area contributed by atoms with Crippen LogP contribution in [-0.4, -0.2) is 12.0 Å². The van der Waals surface area contributed by atoms with Gasteiger partial charge in [0.15, 0.2) is 0 Å². The number of para-hydroxylation sites is 1. The van der Waals surface area contributed by atoms with Gasteiger partial charge >= 0.3 is 0 Å². The van der Waals surface area contributed by atoms with Gasteiger partial charge in [-0.25, -0.2) is 4.98 Å². The number of halogens is 1. The molecule has 0 unspecified atom stereocenters. The molecule has 0 saturated heterocycles. The second-order valence-electron chi connectivity index (χ2n) is 3.21. The zero-order chi connectivity index (χ0) is 10.1. The van der Waals surface area contributed by atoms with Gasteiger partial charge in [-0.15, -0.1) is 0 Å². The predicted molar refractivity (Wildman–Crippen MR) is 61.0 cm³/mol. The van der Waals surface area contributed by atoms with E-state index < -0.39 is 0 Å². The van der Waals surface area contributed by atoms with Crippen LogP contribution in [0.25, 0.3) is 10.9 Å². The van der Waals surface area contributed by atoms with Crippen molar-refractivity contribution in [1.29, 1.82) is 0 Å².